The number of rotatable bonds is 8. The van der Waals surface area contributed by atoms with Crippen LogP contribution in [0, 0.1) is 11.6 Å². The molecular weight excluding hydrogens is 408 g/mol. The molecule has 0 atom stereocenters. The number of ether oxygens (including phenoxy) is 1. The van der Waals surface area contributed by atoms with Gasteiger partial charge in [-0.2, -0.15) is 5.10 Å². The number of benzene rings is 2. The van der Waals surface area contributed by atoms with Gasteiger partial charge in [-0.25, -0.2) is 18.3 Å². The number of nitrogens with zero attached hydrogens (tertiary/aromatic N) is 2. The number of amides is 1. The maximum absolute atomic E-state index is 13.2. The maximum Gasteiger partial charge on any atom is 0.359 e. The Morgan fingerprint density at radius 3 is 2.42 bits per heavy atom. The molecule has 0 spiro atoms. The summed E-state index contributed by atoms with van der Waals surface area (Å²) < 4.78 is 32.7. The third kappa shape index (κ3) is 5.50. The zero-order chi connectivity index (χ0) is 22.4. The standard InChI is InChI=1S/C22H21F2N3O4/c1-2-3-6-9-27-21(29)18-8-5-4-7-17(18)20(26-27)22(30)31-13-19(28)25-16-11-14(23)10-15(24)12-16/h4-5,7-8,10-12H,2-3,6,9,13H2,1H3,(H,25,28). The predicted molar refractivity (Wildman–Crippen MR) is 111 cm³/mol. The van der Waals surface area contributed by atoms with Crippen molar-refractivity contribution in [2.24, 2.45) is 0 Å². The Balaban J connectivity index is 1.77. The first-order valence-corrected chi connectivity index (χ1v) is 9.82. The lowest BCUT2D eigenvalue weighted by Crippen LogP contribution is -2.28. The number of aromatic nitrogens is 2. The van der Waals surface area contributed by atoms with E-state index in [1.807, 2.05) is 6.92 Å². The lowest BCUT2D eigenvalue weighted by atomic mass is 10.1. The number of carbonyl (C=O) groups excluding carboxylic acids is 2. The zero-order valence-electron chi connectivity index (χ0n) is 16.9. The van der Waals surface area contributed by atoms with Crippen LogP contribution in [0.5, 0.6) is 0 Å². The van der Waals surface area contributed by atoms with Crippen LogP contribution in [0.1, 0.15) is 36.7 Å². The summed E-state index contributed by atoms with van der Waals surface area (Å²) in [6.07, 6.45) is 2.59. The largest absolute Gasteiger partial charge is 0.451 e. The number of halogens is 2. The van der Waals surface area contributed by atoms with E-state index in [-0.39, 0.29) is 16.9 Å². The van der Waals surface area contributed by atoms with Gasteiger partial charge in [-0.3, -0.25) is 9.59 Å². The molecule has 3 aromatic rings. The van der Waals surface area contributed by atoms with E-state index in [1.54, 1.807) is 24.3 Å². The van der Waals surface area contributed by atoms with Crippen LogP contribution in [0.25, 0.3) is 10.8 Å². The van der Waals surface area contributed by atoms with Gasteiger partial charge in [0.2, 0.25) is 0 Å². The van der Waals surface area contributed by atoms with Crippen LogP contribution in [0.3, 0.4) is 0 Å². The number of carbonyl (C=O) groups is 2. The van der Waals surface area contributed by atoms with Gasteiger partial charge >= 0.3 is 5.97 Å². The van der Waals surface area contributed by atoms with Crippen LogP contribution in [-0.2, 0) is 16.1 Å². The Morgan fingerprint density at radius 1 is 1.06 bits per heavy atom. The van der Waals surface area contributed by atoms with E-state index in [0.29, 0.717) is 23.4 Å². The fraction of sp³-hybridized carbons (Fsp3) is 0.273. The molecule has 0 fully saturated rings. The predicted octanol–water partition coefficient (Wildman–Crippen LogP) is 3.66. The Morgan fingerprint density at radius 2 is 1.74 bits per heavy atom. The van der Waals surface area contributed by atoms with Gasteiger partial charge in [0, 0.05) is 23.7 Å². The molecule has 1 N–H and O–H groups in total. The minimum atomic E-state index is -0.888. The molecule has 0 saturated carbocycles. The molecule has 0 bridgehead atoms. The van der Waals surface area contributed by atoms with E-state index < -0.39 is 30.1 Å². The highest BCUT2D eigenvalue weighted by Gasteiger charge is 2.19. The van der Waals surface area contributed by atoms with Gasteiger partial charge in [-0.15, -0.1) is 0 Å². The van der Waals surface area contributed by atoms with Crippen LogP contribution in [0.2, 0.25) is 0 Å². The molecule has 1 amide bonds. The van der Waals surface area contributed by atoms with Crippen LogP contribution >= 0.6 is 0 Å². The second kappa shape index (κ2) is 9.92. The van der Waals surface area contributed by atoms with E-state index in [4.69, 9.17) is 4.74 Å². The van der Waals surface area contributed by atoms with E-state index in [0.717, 1.165) is 31.4 Å². The van der Waals surface area contributed by atoms with Gasteiger partial charge in [0.25, 0.3) is 11.5 Å². The van der Waals surface area contributed by atoms with E-state index in [1.165, 1.54) is 4.68 Å². The molecule has 0 aliphatic carbocycles. The number of aryl methyl sites for hydroxylation is 1. The molecular formula is C22H21F2N3O4. The summed E-state index contributed by atoms with van der Waals surface area (Å²) in [4.78, 5) is 37.3. The number of anilines is 1. The number of nitrogens with one attached hydrogen (secondary N) is 1. The quantitative estimate of drug-likeness (QED) is 0.436. The molecule has 3 rings (SSSR count). The molecule has 1 aromatic heterocycles. The van der Waals surface area contributed by atoms with Gasteiger partial charge in [0.05, 0.1) is 5.39 Å². The van der Waals surface area contributed by atoms with Crippen molar-refractivity contribution in [1.29, 1.82) is 0 Å². The maximum atomic E-state index is 13.2. The van der Waals surface area contributed by atoms with Gasteiger partial charge in [0.1, 0.15) is 11.6 Å². The second-order valence-electron chi connectivity index (χ2n) is 6.91. The van der Waals surface area contributed by atoms with Crippen molar-refractivity contribution in [2.75, 3.05) is 11.9 Å². The molecule has 9 heteroatoms. The average molecular weight is 429 g/mol. The Labute approximate surface area is 176 Å². The van der Waals surface area contributed by atoms with Crippen molar-refractivity contribution in [3.63, 3.8) is 0 Å². The van der Waals surface area contributed by atoms with Crippen LogP contribution in [-0.4, -0.2) is 28.3 Å². The fourth-order valence-corrected chi connectivity index (χ4v) is 3.07. The molecule has 162 valence electrons. The highest BCUT2D eigenvalue weighted by molar-refractivity contribution is 6.03. The lowest BCUT2D eigenvalue weighted by Gasteiger charge is -2.11. The van der Waals surface area contributed by atoms with Crippen molar-refractivity contribution in [2.45, 2.75) is 32.7 Å². The van der Waals surface area contributed by atoms with Crippen molar-refractivity contribution < 1.29 is 23.1 Å². The summed E-state index contributed by atoms with van der Waals surface area (Å²) in [5.41, 5.74) is -0.503. The van der Waals surface area contributed by atoms with Crippen LogP contribution in [0.15, 0.2) is 47.3 Å². The topological polar surface area (TPSA) is 90.3 Å². The molecule has 0 aliphatic heterocycles. The average Bonchev–Trinajstić information content (AvgIpc) is 2.73. The summed E-state index contributed by atoms with van der Waals surface area (Å²) in [5, 5.41) is 7.04. The molecule has 2 aromatic carbocycles. The third-order valence-corrected chi connectivity index (χ3v) is 4.52. The molecule has 1 heterocycles. The fourth-order valence-electron chi connectivity index (χ4n) is 3.07. The molecule has 0 radical (unpaired) electrons. The molecule has 0 aliphatic rings. The summed E-state index contributed by atoms with van der Waals surface area (Å²) in [7, 11) is 0. The SMILES string of the molecule is CCCCCn1nc(C(=O)OCC(=O)Nc2cc(F)cc(F)c2)c2ccccc2c1=O. The Bertz CT molecular complexity index is 1160. The molecule has 7 nitrogen and oxygen atoms in total. The zero-order valence-corrected chi connectivity index (χ0v) is 16.9. The number of hydrogen-bond acceptors (Lipinski definition) is 5. The van der Waals surface area contributed by atoms with Gasteiger partial charge in [-0.1, -0.05) is 38.0 Å². The van der Waals surface area contributed by atoms with Crippen molar-refractivity contribution in [1.82, 2.24) is 9.78 Å². The van der Waals surface area contributed by atoms with Crippen molar-refractivity contribution in [3.05, 3.63) is 70.1 Å². The van der Waals surface area contributed by atoms with E-state index in [2.05, 4.69) is 10.4 Å². The number of unbranched alkanes of at least 4 members (excludes halogenated alkanes) is 2. The molecule has 31 heavy (non-hydrogen) atoms. The summed E-state index contributed by atoms with van der Waals surface area (Å²) in [6, 6.07) is 9.05. The first-order chi connectivity index (χ1) is 14.9. The van der Waals surface area contributed by atoms with Gasteiger partial charge in [-0.05, 0) is 24.6 Å². The summed E-state index contributed by atoms with van der Waals surface area (Å²) in [5.74, 6) is -3.37. The molecule has 0 saturated heterocycles. The lowest BCUT2D eigenvalue weighted by molar-refractivity contribution is -0.119. The number of esters is 1. The smallest absolute Gasteiger partial charge is 0.359 e. The van der Waals surface area contributed by atoms with Gasteiger partial charge in [0.15, 0.2) is 12.3 Å². The first-order valence-electron chi connectivity index (χ1n) is 9.82. The minimum Gasteiger partial charge on any atom is -0.451 e. The summed E-state index contributed by atoms with van der Waals surface area (Å²) in [6.45, 7) is 1.69. The molecule has 0 unspecified atom stereocenters. The summed E-state index contributed by atoms with van der Waals surface area (Å²) >= 11 is 0. The van der Waals surface area contributed by atoms with Crippen LogP contribution < -0.4 is 10.9 Å². The third-order valence-electron chi connectivity index (χ3n) is 4.52. The normalized spacial score (nSPS) is 10.8. The van der Waals surface area contributed by atoms with Crippen LogP contribution in [0.4, 0.5) is 14.5 Å². The Kier molecular flexibility index (Phi) is 7.07. The van der Waals surface area contributed by atoms with E-state index in [9.17, 15) is 23.2 Å². The van der Waals surface area contributed by atoms with Gasteiger partial charge < -0.3 is 10.1 Å². The monoisotopic (exact) mass is 429 g/mol. The second-order valence-corrected chi connectivity index (χ2v) is 6.91. The number of fused-ring (bicyclic) bond motifs is 1. The highest BCUT2D eigenvalue weighted by atomic mass is 19.1. The van der Waals surface area contributed by atoms with E-state index >= 15 is 0 Å². The first kappa shape index (κ1) is 22.1. The number of hydrogen-bond donors (Lipinski definition) is 1. The van der Waals surface area contributed by atoms with Crippen molar-refractivity contribution >= 4 is 28.3 Å². The highest BCUT2D eigenvalue weighted by Crippen LogP contribution is 2.15. The minimum absolute atomic E-state index is 0.0868. The van der Waals surface area contributed by atoms with Crippen molar-refractivity contribution in [3.8, 4) is 0 Å². The Hall–Kier alpha value is -3.62.